The summed E-state index contributed by atoms with van der Waals surface area (Å²) in [5.74, 6) is 2.66. The largest absolute Gasteiger partial charge is 0.491 e. The summed E-state index contributed by atoms with van der Waals surface area (Å²) in [5, 5.41) is 0. The number of nitrogens with zero attached hydrogens (tertiary/aromatic N) is 2. The predicted molar refractivity (Wildman–Crippen MR) is 101 cm³/mol. The quantitative estimate of drug-likeness (QED) is 0.822. The maximum atomic E-state index is 12.6. The zero-order valence-electron chi connectivity index (χ0n) is 15.9. The zero-order valence-corrected chi connectivity index (χ0v) is 15.9. The average molecular weight is 344 g/mol. The Bertz CT molecular complexity index is 562. The minimum Gasteiger partial charge on any atom is -0.491 e. The van der Waals surface area contributed by atoms with Gasteiger partial charge in [0.15, 0.2) is 0 Å². The maximum absolute atomic E-state index is 12.6. The Morgan fingerprint density at radius 3 is 2.36 bits per heavy atom. The summed E-state index contributed by atoms with van der Waals surface area (Å²) in [6, 6.07) is 7.96. The van der Waals surface area contributed by atoms with E-state index in [1.807, 2.05) is 38.1 Å². The Morgan fingerprint density at radius 1 is 1.08 bits per heavy atom. The van der Waals surface area contributed by atoms with Gasteiger partial charge in [-0.25, -0.2) is 0 Å². The molecule has 1 atom stereocenters. The van der Waals surface area contributed by atoms with Crippen molar-refractivity contribution in [2.75, 3.05) is 33.2 Å². The van der Waals surface area contributed by atoms with Gasteiger partial charge in [-0.05, 0) is 82.8 Å². The molecule has 4 heteroatoms. The molecule has 4 nitrogen and oxygen atoms in total. The van der Waals surface area contributed by atoms with Gasteiger partial charge in [-0.3, -0.25) is 4.79 Å². The smallest absolute Gasteiger partial charge is 0.226 e. The Hall–Kier alpha value is -1.55. The number of amides is 1. The van der Waals surface area contributed by atoms with Crippen LogP contribution in [0.4, 0.5) is 0 Å². The van der Waals surface area contributed by atoms with Crippen LogP contribution in [-0.4, -0.2) is 55.0 Å². The summed E-state index contributed by atoms with van der Waals surface area (Å²) in [5.41, 5.74) is 1.07. The van der Waals surface area contributed by atoms with Crippen LogP contribution in [0.3, 0.4) is 0 Å². The molecule has 2 fully saturated rings. The van der Waals surface area contributed by atoms with Crippen molar-refractivity contribution in [3.8, 4) is 5.75 Å². The van der Waals surface area contributed by atoms with Crippen LogP contribution in [0.25, 0.3) is 0 Å². The molecule has 0 radical (unpaired) electrons. The lowest BCUT2D eigenvalue weighted by Gasteiger charge is -2.32. The number of rotatable bonds is 5. The highest BCUT2D eigenvalue weighted by Crippen LogP contribution is 2.31. The van der Waals surface area contributed by atoms with Crippen LogP contribution in [0.15, 0.2) is 24.3 Å². The van der Waals surface area contributed by atoms with Crippen molar-refractivity contribution in [1.82, 2.24) is 9.80 Å². The lowest BCUT2D eigenvalue weighted by Crippen LogP contribution is -2.35. The van der Waals surface area contributed by atoms with Gasteiger partial charge in [0.1, 0.15) is 5.75 Å². The monoisotopic (exact) mass is 344 g/mol. The number of likely N-dealkylation sites (tertiary alicyclic amines) is 2. The molecule has 0 saturated carbocycles. The van der Waals surface area contributed by atoms with Crippen molar-refractivity contribution in [3.05, 3.63) is 29.8 Å². The van der Waals surface area contributed by atoms with E-state index in [2.05, 4.69) is 16.8 Å². The second-order valence-electron chi connectivity index (χ2n) is 8.02. The van der Waals surface area contributed by atoms with Crippen molar-refractivity contribution >= 4 is 5.91 Å². The Morgan fingerprint density at radius 2 is 1.72 bits per heavy atom. The Kier molecular flexibility index (Phi) is 6.00. The summed E-state index contributed by atoms with van der Waals surface area (Å²) < 4.78 is 5.66. The van der Waals surface area contributed by atoms with Crippen LogP contribution < -0.4 is 4.74 Å². The van der Waals surface area contributed by atoms with Gasteiger partial charge in [-0.15, -0.1) is 0 Å². The molecular weight excluding hydrogens is 312 g/mol. The molecule has 1 amide bonds. The third-order valence-corrected chi connectivity index (χ3v) is 5.66. The van der Waals surface area contributed by atoms with Crippen LogP contribution in [0.5, 0.6) is 5.75 Å². The van der Waals surface area contributed by atoms with Crippen LogP contribution in [0.1, 0.15) is 38.7 Å². The van der Waals surface area contributed by atoms with E-state index in [0.717, 1.165) is 30.3 Å². The molecule has 0 aliphatic carbocycles. The molecule has 1 aromatic carbocycles. The van der Waals surface area contributed by atoms with Crippen LogP contribution in [0.2, 0.25) is 0 Å². The van der Waals surface area contributed by atoms with Crippen LogP contribution >= 0.6 is 0 Å². The van der Waals surface area contributed by atoms with Crippen molar-refractivity contribution in [3.63, 3.8) is 0 Å². The highest BCUT2D eigenvalue weighted by Gasteiger charge is 2.33. The summed E-state index contributed by atoms with van der Waals surface area (Å²) >= 11 is 0. The number of ether oxygens (including phenoxy) is 1. The normalized spacial score (nSPS) is 22.6. The summed E-state index contributed by atoms with van der Waals surface area (Å²) in [6.45, 7) is 8.35. The van der Waals surface area contributed by atoms with Gasteiger partial charge in [0.25, 0.3) is 0 Å². The molecule has 2 saturated heterocycles. The van der Waals surface area contributed by atoms with Crippen LogP contribution in [-0.2, 0) is 11.2 Å². The van der Waals surface area contributed by atoms with E-state index in [-0.39, 0.29) is 12.0 Å². The van der Waals surface area contributed by atoms with Gasteiger partial charge < -0.3 is 14.5 Å². The van der Waals surface area contributed by atoms with E-state index in [1.165, 1.54) is 32.4 Å². The second-order valence-corrected chi connectivity index (χ2v) is 8.02. The van der Waals surface area contributed by atoms with E-state index >= 15 is 0 Å². The fraction of sp³-hybridized carbons (Fsp3) is 0.667. The SMILES string of the molecule is CC(C)Oc1ccc(CC(=O)N2CC[C@@H](C3CCN(C)CC3)C2)cc1. The molecule has 25 heavy (non-hydrogen) atoms. The van der Waals surface area contributed by atoms with Crippen molar-refractivity contribution < 1.29 is 9.53 Å². The second kappa shape index (κ2) is 8.22. The number of hydrogen-bond acceptors (Lipinski definition) is 3. The molecule has 0 unspecified atom stereocenters. The average Bonchev–Trinajstić information content (AvgIpc) is 3.07. The molecule has 2 aliphatic heterocycles. The first-order chi connectivity index (χ1) is 12.0. The highest BCUT2D eigenvalue weighted by atomic mass is 16.5. The van der Waals surface area contributed by atoms with E-state index in [0.29, 0.717) is 12.3 Å². The summed E-state index contributed by atoms with van der Waals surface area (Å²) in [4.78, 5) is 17.1. The summed E-state index contributed by atoms with van der Waals surface area (Å²) in [7, 11) is 2.21. The lowest BCUT2D eigenvalue weighted by molar-refractivity contribution is -0.129. The number of benzene rings is 1. The molecule has 2 aliphatic rings. The topological polar surface area (TPSA) is 32.8 Å². The molecule has 1 aromatic rings. The van der Waals surface area contributed by atoms with E-state index in [1.54, 1.807) is 0 Å². The van der Waals surface area contributed by atoms with Gasteiger partial charge in [0.05, 0.1) is 12.5 Å². The van der Waals surface area contributed by atoms with Crippen molar-refractivity contribution in [2.45, 2.75) is 45.6 Å². The van der Waals surface area contributed by atoms with Crippen molar-refractivity contribution in [2.24, 2.45) is 11.8 Å². The van der Waals surface area contributed by atoms with Gasteiger partial charge in [0.2, 0.25) is 5.91 Å². The minimum atomic E-state index is 0.175. The molecule has 3 rings (SSSR count). The fourth-order valence-corrected chi connectivity index (χ4v) is 4.14. The molecule has 0 N–H and O–H groups in total. The lowest BCUT2D eigenvalue weighted by atomic mass is 9.84. The van der Waals surface area contributed by atoms with Gasteiger partial charge >= 0.3 is 0 Å². The van der Waals surface area contributed by atoms with E-state index in [4.69, 9.17) is 4.74 Å². The third kappa shape index (κ3) is 4.97. The molecule has 0 bridgehead atoms. The van der Waals surface area contributed by atoms with Gasteiger partial charge in [0, 0.05) is 13.1 Å². The van der Waals surface area contributed by atoms with Crippen molar-refractivity contribution in [1.29, 1.82) is 0 Å². The maximum Gasteiger partial charge on any atom is 0.226 e. The first kappa shape index (κ1) is 18.2. The molecular formula is C21H32N2O2. The van der Waals surface area contributed by atoms with E-state index < -0.39 is 0 Å². The molecule has 2 heterocycles. The van der Waals surface area contributed by atoms with Gasteiger partial charge in [-0.1, -0.05) is 12.1 Å². The summed E-state index contributed by atoms with van der Waals surface area (Å²) in [6.07, 6.45) is 4.44. The zero-order chi connectivity index (χ0) is 17.8. The van der Waals surface area contributed by atoms with E-state index in [9.17, 15) is 4.79 Å². The Labute approximate surface area is 152 Å². The van der Waals surface area contributed by atoms with Crippen LogP contribution in [0, 0.1) is 11.8 Å². The number of carbonyl (C=O) groups is 1. The standard InChI is InChI=1S/C21H32N2O2/c1-16(2)25-20-6-4-17(5-7-20)14-21(24)23-13-10-19(15-23)18-8-11-22(3)12-9-18/h4-7,16,18-19H,8-15H2,1-3H3/t19-/m1/s1. The number of piperidine rings is 1. The van der Waals surface area contributed by atoms with Gasteiger partial charge in [-0.2, -0.15) is 0 Å². The number of hydrogen-bond donors (Lipinski definition) is 0. The molecule has 0 spiro atoms. The highest BCUT2D eigenvalue weighted by molar-refractivity contribution is 5.79. The number of carbonyl (C=O) groups excluding carboxylic acids is 1. The molecule has 138 valence electrons. The first-order valence-electron chi connectivity index (χ1n) is 9.73. The predicted octanol–water partition coefficient (Wildman–Crippen LogP) is 3.21. The Balaban J connectivity index is 1.49. The minimum absolute atomic E-state index is 0.175. The fourth-order valence-electron chi connectivity index (χ4n) is 4.14. The first-order valence-corrected chi connectivity index (χ1v) is 9.73. The third-order valence-electron chi connectivity index (χ3n) is 5.66. The molecule has 0 aromatic heterocycles.